The van der Waals surface area contributed by atoms with Crippen LogP contribution in [0.25, 0.3) is 0 Å². The van der Waals surface area contributed by atoms with Gasteiger partial charge in [0.15, 0.2) is 5.66 Å². The average Bonchev–Trinajstić information content (AvgIpc) is 3.34. The molecule has 29 heavy (non-hydrogen) atoms. The maximum absolute atomic E-state index is 13.3. The second-order valence-corrected chi connectivity index (χ2v) is 8.11. The fraction of sp³-hybridized carbons (Fsp3) is 0.318. The highest BCUT2D eigenvalue weighted by atomic mass is 32.2. The van der Waals surface area contributed by atoms with E-state index in [1.807, 2.05) is 18.2 Å². The number of nitrogens with one attached hydrogen (secondary N) is 1. The van der Waals surface area contributed by atoms with E-state index in [1.54, 1.807) is 25.3 Å². The Balaban J connectivity index is 1.47. The standard InChI is InChI=1S/C22H22FN3O2S/c1-28-18-6-4-5-17(13-18)24-19(27)14-29-21-20(15-7-9-16(23)10-8-15)25-22(26-21)11-2-3-12-22/h4-10,13H,2-3,11-12,14H2,1H3,(H,24,27). The summed E-state index contributed by atoms with van der Waals surface area (Å²) in [6.07, 6.45) is 4.02. The summed E-state index contributed by atoms with van der Waals surface area (Å²) < 4.78 is 18.5. The Morgan fingerprint density at radius 1 is 1.17 bits per heavy atom. The van der Waals surface area contributed by atoms with Gasteiger partial charge in [0.05, 0.1) is 18.6 Å². The summed E-state index contributed by atoms with van der Waals surface area (Å²) in [6.45, 7) is 0. The minimum Gasteiger partial charge on any atom is -0.497 e. The maximum Gasteiger partial charge on any atom is 0.234 e. The Bertz CT molecular complexity index is 966. The molecule has 1 amide bonds. The van der Waals surface area contributed by atoms with Crippen molar-refractivity contribution in [2.24, 2.45) is 9.98 Å². The lowest BCUT2D eigenvalue weighted by Crippen LogP contribution is -2.17. The molecule has 1 N–H and O–H groups in total. The summed E-state index contributed by atoms with van der Waals surface area (Å²) in [7, 11) is 1.59. The molecule has 1 saturated carbocycles. The third-order valence-electron chi connectivity index (χ3n) is 5.05. The predicted molar refractivity (Wildman–Crippen MR) is 116 cm³/mol. The summed E-state index contributed by atoms with van der Waals surface area (Å²) >= 11 is 1.37. The molecule has 0 unspecified atom stereocenters. The van der Waals surface area contributed by atoms with Crippen LogP contribution in [0.1, 0.15) is 31.2 Å². The van der Waals surface area contributed by atoms with Crippen LogP contribution in [0.5, 0.6) is 5.75 Å². The molecular formula is C22H22FN3O2S. The summed E-state index contributed by atoms with van der Waals surface area (Å²) in [5.41, 5.74) is 1.86. The molecule has 0 atom stereocenters. The van der Waals surface area contributed by atoms with Gasteiger partial charge in [0.25, 0.3) is 0 Å². The van der Waals surface area contributed by atoms with Gasteiger partial charge in [-0.2, -0.15) is 0 Å². The van der Waals surface area contributed by atoms with Crippen LogP contribution in [0, 0.1) is 5.82 Å². The van der Waals surface area contributed by atoms with Crippen LogP contribution in [-0.4, -0.2) is 35.2 Å². The number of anilines is 1. The first kappa shape index (κ1) is 19.6. The number of hydrogen-bond donors (Lipinski definition) is 1. The lowest BCUT2D eigenvalue weighted by molar-refractivity contribution is -0.113. The molecule has 2 aliphatic rings. The highest BCUT2D eigenvalue weighted by Gasteiger charge is 2.39. The van der Waals surface area contributed by atoms with Crippen molar-refractivity contribution in [2.45, 2.75) is 31.3 Å². The molecule has 1 heterocycles. The molecule has 2 aromatic carbocycles. The van der Waals surface area contributed by atoms with E-state index >= 15 is 0 Å². The molecule has 150 valence electrons. The first-order valence-corrected chi connectivity index (χ1v) is 10.6. The van der Waals surface area contributed by atoms with Crippen LogP contribution in [-0.2, 0) is 4.79 Å². The van der Waals surface area contributed by atoms with E-state index in [0.717, 1.165) is 42.0 Å². The number of rotatable bonds is 5. The number of benzene rings is 2. The van der Waals surface area contributed by atoms with Gasteiger partial charge < -0.3 is 10.1 Å². The molecular weight excluding hydrogens is 389 g/mol. The van der Waals surface area contributed by atoms with E-state index in [-0.39, 0.29) is 17.5 Å². The lowest BCUT2D eigenvalue weighted by atomic mass is 10.1. The first-order chi connectivity index (χ1) is 14.1. The van der Waals surface area contributed by atoms with Crippen molar-refractivity contribution >= 4 is 34.1 Å². The van der Waals surface area contributed by atoms with Crippen LogP contribution < -0.4 is 10.1 Å². The maximum atomic E-state index is 13.3. The molecule has 0 bridgehead atoms. The molecule has 0 radical (unpaired) electrons. The molecule has 0 saturated heterocycles. The van der Waals surface area contributed by atoms with E-state index in [0.29, 0.717) is 11.4 Å². The molecule has 1 aliphatic heterocycles. The Kier molecular flexibility index (Phi) is 5.67. The molecule has 5 nitrogen and oxygen atoms in total. The van der Waals surface area contributed by atoms with Crippen LogP contribution in [0.4, 0.5) is 10.1 Å². The van der Waals surface area contributed by atoms with Crippen LogP contribution in [0.3, 0.4) is 0 Å². The number of amides is 1. The van der Waals surface area contributed by atoms with Gasteiger partial charge in [0.2, 0.25) is 5.91 Å². The van der Waals surface area contributed by atoms with E-state index in [1.165, 1.54) is 23.9 Å². The monoisotopic (exact) mass is 411 g/mol. The average molecular weight is 412 g/mol. The van der Waals surface area contributed by atoms with Gasteiger partial charge in [-0.25, -0.2) is 9.38 Å². The zero-order valence-electron chi connectivity index (χ0n) is 16.2. The van der Waals surface area contributed by atoms with Crippen LogP contribution in [0.2, 0.25) is 0 Å². The van der Waals surface area contributed by atoms with E-state index in [4.69, 9.17) is 14.7 Å². The van der Waals surface area contributed by atoms with Crippen molar-refractivity contribution in [2.75, 3.05) is 18.2 Å². The van der Waals surface area contributed by atoms with E-state index in [2.05, 4.69) is 5.32 Å². The molecule has 1 fully saturated rings. The summed E-state index contributed by atoms with van der Waals surface area (Å²) in [5, 5.41) is 3.63. The van der Waals surface area contributed by atoms with Crippen LogP contribution in [0.15, 0.2) is 58.5 Å². The fourth-order valence-corrected chi connectivity index (χ4v) is 4.49. The highest BCUT2D eigenvalue weighted by molar-refractivity contribution is 8.16. The van der Waals surface area contributed by atoms with Gasteiger partial charge in [-0.05, 0) is 62.1 Å². The van der Waals surface area contributed by atoms with Gasteiger partial charge in [-0.3, -0.25) is 9.79 Å². The SMILES string of the molecule is COc1cccc(NC(=O)CSC2=NC3(CCCC3)N=C2c2ccc(F)cc2)c1. The van der Waals surface area contributed by atoms with Gasteiger partial charge >= 0.3 is 0 Å². The second kappa shape index (κ2) is 8.37. The van der Waals surface area contributed by atoms with Crippen molar-refractivity contribution in [1.82, 2.24) is 0 Å². The zero-order chi connectivity index (χ0) is 20.3. The van der Waals surface area contributed by atoms with Crippen molar-refractivity contribution in [3.63, 3.8) is 0 Å². The molecule has 4 rings (SSSR count). The highest BCUT2D eigenvalue weighted by Crippen LogP contribution is 2.40. The molecule has 1 aliphatic carbocycles. The molecule has 0 aromatic heterocycles. The van der Waals surface area contributed by atoms with Crippen LogP contribution >= 0.6 is 11.8 Å². The topological polar surface area (TPSA) is 63.0 Å². The van der Waals surface area contributed by atoms with Crippen molar-refractivity contribution in [3.05, 3.63) is 59.9 Å². The second-order valence-electron chi connectivity index (χ2n) is 7.14. The van der Waals surface area contributed by atoms with Crippen molar-refractivity contribution in [1.29, 1.82) is 0 Å². The first-order valence-electron chi connectivity index (χ1n) is 9.60. The molecule has 2 aromatic rings. The van der Waals surface area contributed by atoms with Gasteiger partial charge in [0.1, 0.15) is 16.6 Å². The number of nitrogens with zero attached hydrogens (tertiary/aromatic N) is 2. The number of carbonyl (C=O) groups excluding carboxylic acids is 1. The molecule has 1 spiro atoms. The van der Waals surface area contributed by atoms with Gasteiger partial charge in [0, 0.05) is 17.3 Å². The minimum atomic E-state index is -0.407. The third-order valence-corrected chi connectivity index (χ3v) is 6.01. The normalized spacial score (nSPS) is 17.2. The molecule has 7 heteroatoms. The largest absolute Gasteiger partial charge is 0.497 e. The van der Waals surface area contributed by atoms with E-state index < -0.39 is 5.66 Å². The van der Waals surface area contributed by atoms with Gasteiger partial charge in [-0.1, -0.05) is 17.8 Å². The summed E-state index contributed by atoms with van der Waals surface area (Å²) in [5.74, 6) is 0.486. The van der Waals surface area contributed by atoms with E-state index in [9.17, 15) is 9.18 Å². The number of methoxy groups -OCH3 is 1. The summed E-state index contributed by atoms with van der Waals surface area (Å²) in [6, 6.07) is 13.5. The van der Waals surface area contributed by atoms with Crippen molar-refractivity contribution < 1.29 is 13.9 Å². The quantitative estimate of drug-likeness (QED) is 0.777. The Morgan fingerprint density at radius 3 is 2.66 bits per heavy atom. The Hall–Kier alpha value is -2.67. The predicted octanol–water partition coefficient (Wildman–Crippen LogP) is 4.68. The zero-order valence-corrected chi connectivity index (χ0v) is 17.0. The summed E-state index contributed by atoms with van der Waals surface area (Å²) in [4.78, 5) is 22.2. The van der Waals surface area contributed by atoms with Crippen molar-refractivity contribution in [3.8, 4) is 5.75 Å². The number of halogens is 1. The number of ether oxygens (including phenoxy) is 1. The number of aliphatic imine (C=N–C) groups is 2. The number of thioether (sulfide) groups is 1. The smallest absolute Gasteiger partial charge is 0.234 e. The Labute approximate surface area is 173 Å². The number of hydrogen-bond acceptors (Lipinski definition) is 5. The minimum absolute atomic E-state index is 0.128. The Morgan fingerprint density at radius 2 is 1.93 bits per heavy atom. The number of carbonyl (C=O) groups is 1. The lowest BCUT2D eigenvalue weighted by Gasteiger charge is -2.14. The third kappa shape index (κ3) is 4.50. The fourth-order valence-electron chi connectivity index (χ4n) is 3.62. The van der Waals surface area contributed by atoms with Gasteiger partial charge in [-0.15, -0.1) is 0 Å².